The monoisotopic (exact) mass is 211 g/mol. The smallest absolute Gasteiger partial charge is 0.259 e. The van der Waals surface area contributed by atoms with Crippen LogP contribution in [-0.2, 0) is 4.79 Å². The molecule has 0 unspecified atom stereocenters. The highest BCUT2D eigenvalue weighted by Gasteiger charge is 2.07. The second-order valence-electron chi connectivity index (χ2n) is 3.83. The number of hydrogen-bond donors (Lipinski definition) is 0. The number of carbonyl (C=O) groups is 1. The molecule has 5 nitrogen and oxygen atoms in total. The number of aromatic nitrogens is 2. The molecule has 0 aromatic carbocycles. The van der Waals surface area contributed by atoms with Crippen LogP contribution < -0.4 is 4.74 Å². The zero-order chi connectivity index (χ0) is 11.4. The highest BCUT2D eigenvalue weighted by Crippen LogP contribution is 2.12. The summed E-state index contributed by atoms with van der Waals surface area (Å²) in [6.45, 7) is 4.11. The maximum Gasteiger partial charge on any atom is 0.259 e. The summed E-state index contributed by atoms with van der Waals surface area (Å²) in [5.74, 6) is 0.561. The van der Waals surface area contributed by atoms with Crippen molar-refractivity contribution in [3.05, 3.63) is 12.4 Å². The summed E-state index contributed by atoms with van der Waals surface area (Å²) in [5, 5.41) is 4.11. The first-order valence-electron chi connectivity index (χ1n) is 4.88. The Morgan fingerprint density at radius 1 is 1.60 bits per heavy atom. The molecule has 0 atom stereocenters. The van der Waals surface area contributed by atoms with Gasteiger partial charge in [-0.2, -0.15) is 5.10 Å². The molecule has 5 heteroatoms. The highest BCUT2D eigenvalue weighted by molar-refractivity contribution is 5.77. The molecular weight excluding hydrogens is 194 g/mol. The summed E-state index contributed by atoms with van der Waals surface area (Å²) in [6.07, 6.45) is 3.40. The molecule has 0 saturated carbocycles. The van der Waals surface area contributed by atoms with E-state index in [0.717, 1.165) is 0 Å². The van der Waals surface area contributed by atoms with Crippen LogP contribution in [0.5, 0.6) is 5.75 Å². The molecule has 1 amide bonds. The predicted octanol–water partition coefficient (Wildman–Crippen LogP) is 0.931. The van der Waals surface area contributed by atoms with Gasteiger partial charge in [-0.3, -0.25) is 9.48 Å². The van der Waals surface area contributed by atoms with Gasteiger partial charge < -0.3 is 9.64 Å². The summed E-state index contributed by atoms with van der Waals surface area (Å²) >= 11 is 0. The van der Waals surface area contributed by atoms with E-state index in [1.807, 2.05) is 13.8 Å². The quantitative estimate of drug-likeness (QED) is 0.744. The molecule has 0 aliphatic heterocycles. The number of amides is 1. The van der Waals surface area contributed by atoms with Gasteiger partial charge in [0.2, 0.25) is 0 Å². The second-order valence-corrected chi connectivity index (χ2v) is 3.83. The lowest BCUT2D eigenvalue weighted by Gasteiger charge is -2.09. The molecular formula is C10H17N3O2. The number of nitrogens with zero attached hydrogens (tertiary/aromatic N) is 3. The summed E-state index contributed by atoms with van der Waals surface area (Å²) in [7, 11) is 3.40. The van der Waals surface area contributed by atoms with E-state index >= 15 is 0 Å². The van der Waals surface area contributed by atoms with Gasteiger partial charge in [0.25, 0.3) is 5.91 Å². The normalized spacial score (nSPS) is 10.5. The van der Waals surface area contributed by atoms with Crippen LogP contribution in [0.1, 0.15) is 19.9 Å². The lowest BCUT2D eigenvalue weighted by atomic mass is 10.4. The summed E-state index contributed by atoms with van der Waals surface area (Å²) in [4.78, 5) is 12.7. The Morgan fingerprint density at radius 3 is 2.73 bits per heavy atom. The molecule has 0 bridgehead atoms. The van der Waals surface area contributed by atoms with Crippen LogP contribution in [0.2, 0.25) is 0 Å². The van der Waals surface area contributed by atoms with Crippen molar-refractivity contribution in [3.63, 3.8) is 0 Å². The molecule has 1 aromatic heterocycles. The Kier molecular flexibility index (Phi) is 3.71. The minimum Gasteiger partial charge on any atom is -0.480 e. The van der Waals surface area contributed by atoms with Gasteiger partial charge in [0.05, 0.1) is 12.4 Å². The van der Waals surface area contributed by atoms with Crippen LogP contribution in [0.15, 0.2) is 12.4 Å². The largest absolute Gasteiger partial charge is 0.480 e. The molecule has 0 radical (unpaired) electrons. The van der Waals surface area contributed by atoms with Crippen molar-refractivity contribution in [2.24, 2.45) is 0 Å². The van der Waals surface area contributed by atoms with Crippen molar-refractivity contribution in [2.45, 2.75) is 19.9 Å². The van der Waals surface area contributed by atoms with E-state index in [-0.39, 0.29) is 12.5 Å². The SMILES string of the molecule is CC(C)n1cc(OCC(=O)N(C)C)cn1. The molecule has 0 N–H and O–H groups in total. The fourth-order valence-corrected chi connectivity index (χ4v) is 0.952. The van der Waals surface area contributed by atoms with Crippen molar-refractivity contribution >= 4 is 5.91 Å². The van der Waals surface area contributed by atoms with Gasteiger partial charge in [0, 0.05) is 20.1 Å². The number of rotatable bonds is 4. The Morgan fingerprint density at radius 2 is 2.27 bits per heavy atom. The average molecular weight is 211 g/mol. The Balaban J connectivity index is 2.48. The van der Waals surface area contributed by atoms with Gasteiger partial charge in [-0.1, -0.05) is 0 Å². The minimum atomic E-state index is -0.0627. The molecule has 0 saturated heterocycles. The summed E-state index contributed by atoms with van der Waals surface area (Å²) in [5.41, 5.74) is 0. The Hall–Kier alpha value is -1.52. The molecule has 0 aliphatic rings. The van der Waals surface area contributed by atoms with Crippen molar-refractivity contribution in [2.75, 3.05) is 20.7 Å². The first-order chi connectivity index (χ1) is 7.00. The van der Waals surface area contributed by atoms with Crippen molar-refractivity contribution in [1.82, 2.24) is 14.7 Å². The zero-order valence-electron chi connectivity index (χ0n) is 9.60. The van der Waals surface area contributed by atoms with Gasteiger partial charge in [0.1, 0.15) is 0 Å². The van der Waals surface area contributed by atoms with E-state index in [0.29, 0.717) is 11.8 Å². The van der Waals surface area contributed by atoms with Gasteiger partial charge in [-0.05, 0) is 13.8 Å². The maximum atomic E-state index is 11.2. The third-order valence-electron chi connectivity index (χ3n) is 1.97. The first-order valence-corrected chi connectivity index (χ1v) is 4.88. The molecule has 84 valence electrons. The third kappa shape index (κ3) is 3.27. The van der Waals surface area contributed by atoms with Gasteiger partial charge in [-0.25, -0.2) is 0 Å². The average Bonchev–Trinajstić information content (AvgIpc) is 2.62. The molecule has 0 spiro atoms. The summed E-state index contributed by atoms with van der Waals surface area (Å²) in [6, 6.07) is 0.298. The number of carbonyl (C=O) groups excluding carboxylic acids is 1. The van der Waals surface area contributed by atoms with Crippen LogP contribution in [0.25, 0.3) is 0 Å². The molecule has 0 aliphatic carbocycles. The van der Waals surface area contributed by atoms with Crippen LogP contribution in [0, 0.1) is 0 Å². The standard InChI is InChI=1S/C10H17N3O2/c1-8(2)13-6-9(5-11-13)15-7-10(14)12(3)4/h5-6,8H,7H2,1-4H3. The Bertz CT molecular complexity index is 331. The van der Waals surface area contributed by atoms with Gasteiger partial charge in [-0.15, -0.1) is 0 Å². The van der Waals surface area contributed by atoms with E-state index in [1.54, 1.807) is 31.2 Å². The molecule has 1 aromatic rings. The predicted molar refractivity (Wildman–Crippen MR) is 56.8 cm³/mol. The van der Waals surface area contributed by atoms with Crippen molar-refractivity contribution in [3.8, 4) is 5.75 Å². The number of likely N-dealkylation sites (N-methyl/N-ethyl adjacent to an activating group) is 1. The van der Waals surface area contributed by atoms with Crippen molar-refractivity contribution < 1.29 is 9.53 Å². The van der Waals surface area contributed by atoms with Crippen LogP contribution >= 0.6 is 0 Å². The number of ether oxygens (including phenoxy) is 1. The third-order valence-corrected chi connectivity index (χ3v) is 1.97. The molecule has 1 rings (SSSR count). The lowest BCUT2D eigenvalue weighted by molar-refractivity contribution is -0.130. The van der Waals surface area contributed by atoms with Crippen molar-refractivity contribution in [1.29, 1.82) is 0 Å². The lowest BCUT2D eigenvalue weighted by Crippen LogP contribution is -2.27. The Labute approximate surface area is 89.6 Å². The number of hydrogen-bond acceptors (Lipinski definition) is 3. The van der Waals surface area contributed by atoms with Gasteiger partial charge >= 0.3 is 0 Å². The zero-order valence-corrected chi connectivity index (χ0v) is 9.60. The van der Waals surface area contributed by atoms with Gasteiger partial charge in [0.15, 0.2) is 12.4 Å². The topological polar surface area (TPSA) is 47.4 Å². The van der Waals surface area contributed by atoms with E-state index in [9.17, 15) is 4.79 Å². The van der Waals surface area contributed by atoms with Crippen LogP contribution in [0.4, 0.5) is 0 Å². The van der Waals surface area contributed by atoms with E-state index in [2.05, 4.69) is 5.10 Å². The second kappa shape index (κ2) is 4.82. The summed E-state index contributed by atoms with van der Waals surface area (Å²) < 4.78 is 7.07. The molecule has 0 fully saturated rings. The first kappa shape index (κ1) is 11.6. The fraction of sp³-hybridized carbons (Fsp3) is 0.600. The van der Waals surface area contributed by atoms with Crippen LogP contribution in [0.3, 0.4) is 0 Å². The maximum absolute atomic E-state index is 11.2. The highest BCUT2D eigenvalue weighted by atomic mass is 16.5. The van der Waals surface area contributed by atoms with E-state index in [1.165, 1.54) is 4.90 Å². The molecule has 1 heterocycles. The van der Waals surface area contributed by atoms with Crippen LogP contribution in [-0.4, -0.2) is 41.3 Å². The minimum absolute atomic E-state index is 0.0524. The van der Waals surface area contributed by atoms with E-state index < -0.39 is 0 Å². The fourth-order valence-electron chi connectivity index (χ4n) is 0.952. The molecule has 15 heavy (non-hydrogen) atoms. The van der Waals surface area contributed by atoms with E-state index in [4.69, 9.17) is 4.74 Å².